The number of aryl methyl sites for hydroxylation is 1. The van der Waals surface area contributed by atoms with Crippen LogP contribution in [0, 0.1) is 0 Å². The molecule has 0 unspecified atom stereocenters. The van der Waals surface area contributed by atoms with Gasteiger partial charge in [-0.05, 0) is 24.0 Å². The maximum atomic E-state index is 12.4. The van der Waals surface area contributed by atoms with Gasteiger partial charge in [0.2, 0.25) is 5.91 Å². The van der Waals surface area contributed by atoms with Crippen LogP contribution in [0.3, 0.4) is 0 Å². The SMILES string of the molecule is CN(C(=O)Nc1cnn(CC(N)=O)c1)[C@@H]1CCc2ccccc21. The molecule has 7 nitrogen and oxygen atoms in total. The zero-order valence-corrected chi connectivity index (χ0v) is 12.9. The Morgan fingerprint density at radius 3 is 3.00 bits per heavy atom. The van der Waals surface area contributed by atoms with Crippen molar-refractivity contribution in [3.63, 3.8) is 0 Å². The predicted octanol–water partition coefficient (Wildman–Crippen LogP) is 1.52. The lowest BCUT2D eigenvalue weighted by atomic mass is 10.1. The zero-order valence-electron chi connectivity index (χ0n) is 12.9. The number of carbonyl (C=O) groups is 2. The number of rotatable bonds is 4. The number of carbonyl (C=O) groups excluding carboxylic acids is 2. The summed E-state index contributed by atoms with van der Waals surface area (Å²) in [7, 11) is 1.79. The molecular formula is C16H19N5O2. The lowest BCUT2D eigenvalue weighted by Crippen LogP contribution is -2.33. The molecule has 0 saturated heterocycles. The summed E-state index contributed by atoms with van der Waals surface area (Å²) in [6.45, 7) is -0.0122. The van der Waals surface area contributed by atoms with Crippen LogP contribution in [-0.2, 0) is 17.8 Å². The molecule has 7 heteroatoms. The summed E-state index contributed by atoms with van der Waals surface area (Å²) < 4.78 is 1.39. The second kappa shape index (κ2) is 6.12. The zero-order chi connectivity index (χ0) is 16.4. The molecule has 23 heavy (non-hydrogen) atoms. The molecule has 0 fully saturated rings. The first-order valence-electron chi connectivity index (χ1n) is 7.47. The molecule has 0 radical (unpaired) electrons. The van der Waals surface area contributed by atoms with Crippen LogP contribution < -0.4 is 11.1 Å². The third kappa shape index (κ3) is 3.18. The van der Waals surface area contributed by atoms with Crippen molar-refractivity contribution in [1.82, 2.24) is 14.7 Å². The van der Waals surface area contributed by atoms with E-state index in [2.05, 4.69) is 22.5 Å². The average molecular weight is 313 g/mol. The van der Waals surface area contributed by atoms with Crippen LogP contribution in [0.1, 0.15) is 23.6 Å². The van der Waals surface area contributed by atoms with Crippen LogP contribution in [-0.4, -0.2) is 33.7 Å². The second-order valence-corrected chi connectivity index (χ2v) is 5.69. The van der Waals surface area contributed by atoms with Gasteiger partial charge < -0.3 is 16.0 Å². The Kier molecular flexibility index (Phi) is 4.01. The van der Waals surface area contributed by atoms with Gasteiger partial charge in [0.1, 0.15) is 6.54 Å². The van der Waals surface area contributed by atoms with Gasteiger partial charge in [-0.2, -0.15) is 5.10 Å². The van der Waals surface area contributed by atoms with Crippen molar-refractivity contribution in [2.24, 2.45) is 5.73 Å². The molecule has 0 saturated carbocycles. The third-order valence-electron chi connectivity index (χ3n) is 4.09. The maximum Gasteiger partial charge on any atom is 0.322 e. The van der Waals surface area contributed by atoms with Crippen molar-refractivity contribution in [3.05, 3.63) is 47.8 Å². The molecule has 0 aliphatic heterocycles. The number of nitrogens with zero attached hydrogens (tertiary/aromatic N) is 3. The van der Waals surface area contributed by atoms with Gasteiger partial charge in [0, 0.05) is 13.2 Å². The van der Waals surface area contributed by atoms with E-state index in [0.29, 0.717) is 5.69 Å². The minimum absolute atomic E-state index is 0.0122. The van der Waals surface area contributed by atoms with E-state index in [9.17, 15) is 9.59 Å². The average Bonchev–Trinajstić information content (AvgIpc) is 3.12. The van der Waals surface area contributed by atoms with Gasteiger partial charge in [0.25, 0.3) is 0 Å². The highest BCUT2D eigenvalue weighted by Gasteiger charge is 2.28. The number of urea groups is 1. The molecule has 0 spiro atoms. The Bertz CT molecular complexity index is 740. The minimum atomic E-state index is -0.481. The molecule has 3 N–H and O–H groups in total. The standard InChI is InChI=1S/C16H19N5O2/c1-20(14-7-6-11-4-2-3-5-13(11)14)16(23)19-12-8-18-21(9-12)10-15(17)22/h2-5,8-9,14H,6-7,10H2,1H3,(H2,17,22)(H,19,23)/t14-/m1/s1. The van der Waals surface area contributed by atoms with Crippen molar-refractivity contribution in [2.45, 2.75) is 25.4 Å². The van der Waals surface area contributed by atoms with Crippen molar-refractivity contribution in [2.75, 3.05) is 12.4 Å². The van der Waals surface area contributed by atoms with Crippen LogP contribution in [0.15, 0.2) is 36.7 Å². The van der Waals surface area contributed by atoms with E-state index >= 15 is 0 Å². The molecule has 3 amide bonds. The van der Waals surface area contributed by atoms with Crippen LogP contribution in [0.25, 0.3) is 0 Å². The highest BCUT2D eigenvalue weighted by atomic mass is 16.2. The molecule has 1 aromatic heterocycles. The number of hydrogen-bond donors (Lipinski definition) is 2. The molecule has 1 aromatic carbocycles. The highest BCUT2D eigenvalue weighted by Crippen LogP contribution is 2.34. The van der Waals surface area contributed by atoms with E-state index < -0.39 is 5.91 Å². The number of nitrogens with two attached hydrogens (primary N) is 1. The Morgan fingerprint density at radius 2 is 2.22 bits per heavy atom. The van der Waals surface area contributed by atoms with Gasteiger partial charge in [-0.1, -0.05) is 24.3 Å². The van der Waals surface area contributed by atoms with Crippen molar-refractivity contribution in [1.29, 1.82) is 0 Å². The van der Waals surface area contributed by atoms with Gasteiger partial charge in [-0.3, -0.25) is 9.48 Å². The monoisotopic (exact) mass is 313 g/mol. The van der Waals surface area contributed by atoms with Gasteiger partial charge >= 0.3 is 6.03 Å². The molecular weight excluding hydrogens is 294 g/mol. The van der Waals surface area contributed by atoms with Crippen molar-refractivity contribution < 1.29 is 9.59 Å². The molecule has 1 atom stereocenters. The summed E-state index contributed by atoms with van der Waals surface area (Å²) in [5.41, 5.74) is 8.15. The number of fused-ring (bicyclic) bond motifs is 1. The van der Waals surface area contributed by atoms with E-state index in [1.54, 1.807) is 18.1 Å². The van der Waals surface area contributed by atoms with E-state index in [1.807, 2.05) is 12.1 Å². The summed E-state index contributed by atoms with van der Waals surface area (Å²) in [4.78, 5) is 25.0. The number of anilines is 1. The highest BCUT2D eigenvalue weighted by molar-refractivity contribution is 5.89. The molecule has 3 rings (SSSR count). The number of amides is 3. The topological polar surface area (TPSA) is 93.2 Å². The van der Waals surface area contributed by atoms with E-state index in [4.69, 9.17) is 5.73 Å². The first-order valence-corrected chi connectivity index (χ1v) is 7.47. The largest absolute Gasteiger partial charge is 0.368 e. The van der Waals surface area contributed by atoms with Gasteiger partial charge in [0.05, 0.1) is 17.9 Å². The van der Waals surface area contributed by atoms with Crippen LogP contribution in [0.4, 0.5) is 10.5 Å². The van der Waals surface area contributed by atoms with Crippen molar-refractivity contribution >= 4 is 17.6 Å². The number of benzene rings is 1. The normalized spacial score (nSPS) is 16.0. The van der Waals surface area contributed by atoms with Crippen LogP contribution in [0.5, 0.6) is 0 Å². The third-order valence-corrected chi connectivity index (χ3v) is 4.09. The summed E-state index contributed by atoms with van der Waals surface area (Å²) in [5, 5.41) is 6.78. The van der Waals surface area contributed by atoms with Crippen molar-refractivity contribution in [3.8, 4) is 0 Å². The molecule has 1 aliphatic carbocycles. The van der Waals surface area contributed by atoms with Crippen LogP contribution in [0.2, 0.25) is 0 Å². The predicted molar refractivity (Wildman–Crippen MR) is 85.7 cm³/mol. The van der Waals surface area contributed by atoms with E-state index in [0.717, 1.165) is 12.8 Å². The first-order chi connectivity index (χ1) is 11.0. The lowest BCUT2D eigenvalue weighted by molar-refractivity contribution is -0.118. The Balaban J connectivity index is 1.67. The number of hydrogen-bond acceptors (Lipinski definition) is 3. The molecule has 1 aliphatic rings. The van der Waals surface area contributed by atoms with Gasteiger partial charge in [-0.25, -0.2) is 4.79 Å². The Labute approximate surface area is 134 Å². The quantitative estimate of drug-likeness (QED) is 0.896. The summed E-state index contributed by atoms with van der Waals surface area (Å²) in [6, 6.07) is 8.07. The fraction of sp³-hybridized carbons (Fsp3) is 0.312. The molecule has 1 heterocycles. The molecule has 120 valence electrons. The summed E-state index contributed by atoms with van der Waals surface area (Å²) >= 11 is 0. The van der Waals surface area contributed by atoms with Gasteiger partial charge in [0.15, 0.2) is 0 Å². The second-order valence-electron chi connectivity index (χ2n) is 5.69. The summed E-state index contributed by atoms with van der Waals surface area (Å²) in [6.07, 6.45) is 4.98. The number of primary amides is 1. The van der Waals surface area contributed by atoms with Gasteiger partial charge in [-0.15, -0.1) is 0 Å². The number of nitrogens with one attached hydrogen (secondary N) is 1. The minimum Gasteiger partial charge on any atom is -0.368 e. The fourth-order valence-electron chi connectivity index (χ4n) is 2.96. The number of aromatic nitrogens is 2. The van der Waals surface area contributed by atoms with Crippen LogP contribution >= 0.6 is 0 Å². The smallest absolute Gasteiger partial charge is 0.322 e. The fourth-order valence-corrected chi connectivity index (χ4v) is 2.96. The Morgan fingerprint density at radius 1 is 1.43 bits per heavy atom. The first kappa shape index (κ1) is 15.1. The lowest BCUT2D eigenvalue weighted by Gasteiger charge is -2.25. The summed E-state index contributed by atoms with van der Waals surface area (Å²) in [5.74, 6) is -0.481. The van der Waals surface area contributed by atoms with E-state index in [1.165, 1.54) is 22.0 Å². The molecule has 0 bridgehead atoms. The van der Waals surface area contributed by atoms with E-state index in [-0.39, 0.29) is 18.6 Å². The Hall–Kier alpha value is -2.83. The molecule has 2 aromatic rings. The maximum absolute atomic E-state index is 12.4.